The summed E-state index contributed by atoms with van der Waals surface area (Å²) in [7, 11) is 3.90. The highest BCUT2D eigenvalue weighted by molar-refractivity contribution is 6.26. The van der Waals surface area contributed by atoms with E-state index in [2.05, 4.69) is 5.18 Å². The topological polar surface area (TPSA) is 70.0 Å². The van der Waals surface area contributed by atoms with E-state index < -0.39 is 0 Å². The number of benzene rings is 2. The molecule has 0 fully saturated rings. The lowest BCUT2D eigenvalue weighted by Gasteiger charge is -2.27. The Balaban J connectivity index is 2.06. The smallest absolute Gasteiger partial charge is 0.261 e. The van der Waals surface area contributed by atoms with Crippen molar-refractivity contribution in [2.75, 3.05) is 27.2 Å². The molecule has 0 radical (unpaired) electrons. The molecule has 23 heavy (non-hydrogen) atoms. The molecule has 0 unspecified atom stereocenters. The van der Waals surface area contributed by atoms with Crippen LogP contribution in [-0.2, 0) is 0 Å². The molecule has 0 aromatic heterocycles. The maximum atomic E-state index is 12.7. The molecule has 0 saturated carbocycles. The molecule has 2 aromatic rings. The first-order valence-electron chi connectivity index (χ1n) is 7.44. The third-order valence-corrected chi connectivity index (χ3v) is 4.05. The maximum Gasteiger partial charge on any atom is 0.261 e. The zero-order valence-electron chi connectivity index (χ0n) is 13.1. The highest BCUT2D eigenvalue weighted by atomic mass is 16.3. The molecule has 0 bridgehead atoms. The number of carbonyl (C=O) groups is 2. The van der Waals surface area contributed by atoms with Gasteiger partial charge in [-0.25, -0.2) is 0 Å². The minimum Gasteiger partial charge on any atom is -0.309 e. The number of amides is 2. The summed E-state index contributed by atoms with van der Waals surface area (Å²) in [5.41, 5.74) is 1.15. The fourth-order valence-corrected chi connectivity index (χ4v) is 2.96. The summed E-state index contributed by atoms with van der Waals surface area (Å²) in [6, 6.07) is 8.22. The van der Waals surface area contributed by atoms with E-state index in [0.29, 0.717) is 34.9 Å². The molecule has 0 saturated heterocycles. The van der Waals surface area contributed by atoms with Crippen molar-refractivity contribution in [2.45, 2.75) is 6.42 Å². The molecule has 6 heteroatoms. The van der Waals surface area contributed by atoms with Crippen molar-refractivity contribution in [1.29, 1.82) is 0 Å². The van der Waals surface area contributed by atoms with Gasteiger partial charge >= 0.3 is 0 Å². The predicted molar refractivity (Wildman–Crippen MR) is 87.9 cm³/mol. The van der Waals surface area contributed by atoms with E-state index in [1.54, 1.807) is 24.3 Å². The zero-order valence-corrected chi connectivity index (χ0v) is 13.1. The number of carbonyl (C=O) groups excluding carboxylic acids is 2. The molecular weight excluding hydrogens is 294 g/mol. The summed E-state index contributed by atoms with van der Waals surface area (Å²) < 4.78 is 0. The maximum absolute atomic E-state index is 12.7. The van der Waals surface area contributed by atoms with E-state index in [1.165, 1.54) is 11.0 Å². The first-order valence-corrected chi connectivity index (χ1v) is 7.44. The van der Waals surface area contributed by atoms with Gasteiger partial charge in [-0.3, -0.25) is 14.5 Å². The Hall–Kier alpha value is -2.60. The van der Waals surface area contributed by atoms with Gasteiger partial charge in [0.25, 0.3) is 11.8 Å². The first-order chi connectivity index (χ1) is 11.0. The second-order valence-electron chi connectivity index (χ2n) is 5.87. The van der Waals surface area contributed by atoms with Crippen LogP contribution < -0.4 is 0 Å². The fourth-order valence-electron chi connectivity index (χ4n) is 2.96. The lowest BCUT2D eigenvalue weighted by atomic mass is 9.93. The highest BCUT2D eigenvalue weighted by Gasteiger charge is 2.32. The van der Waals surface area contributed by atoms with Crippen LogP contribution in [-0.4, -0.2) is 48.8 Å². The molecule has 0 aliphatic carbocycles. The Morgan fingerprint density at radius 1 is 1.04 bits per heavy atom. The molecule has 1 aliphatic rings. The van der Waals surface area contributed by atoms with Crippen LogP contribution in [0.2, 0.25) is 0 Å². The predicted octanol–water partition coefficient (Wildman–Crippen LogP) is 2.79. The van der Waals surface area contributed by atoms with Crippen LogP contribution in [0.1, 0.15) is 27.1 Å². The Labute approximate surface area is 133 Å². The largest absolute Gasteiger partial charge is 0.309 e. The van der Waals surface area contributed by atoms with Crippen LogP contribution in [0.15, 0.2) is 35.5 Å². The van der Waals surface area contributed by atoms with Crippen LogP contribution in [0.5, 0.6) is 0 Å². The summed E-state index contributed by atoms with van der Waals surface area (Å²) >= 11 is 0. The molecule has 0 atom stereocenters. The van der Waals surface area contributed by atoms with E-state index in [4.69, 9.17) is 0 Å². The first kappa shape index (κ1) is 15.3. The number of rotatable bonds is 5. The van der Waals surface area contributed by atoms with E-state index in [1.807, 2.05) is 19.0 Å². The summed E-state index contributed by atoms with van der Waals surface area (Å²) in [4.78, 5) is 39.6. The lowest BCUT2D eigenvalue weighted by molar-refractivity contribution is 0.0606. The summed E-state index contributed by atoms with van der Waals surface area (Å²) in [5, 5.41) is 4.06. The van der Waals surface area contributed by atoms with Gasteiger partial charge in [-0.1, -0.05) is 12.1 Å². The number of hydrogen-bond donors (Lipinski definition) is 0. The van der Waals surface area contributed by atoms with Gasteiger partial charge in [0.1, 0.15) is 5.69 Å². The van der Waals surface area contributed by atoms with Crippen molar-refractivity contribution in [3.63, 3.8) is 0 Å². The fraction of sp³-hybridized carbons (Fsp3) is 0.294. The Kier molecular flexibility index (Phi) is 3.92. The minimum absolute atomic E-state index is 0.243. The summed E-state index contributed by atoms with van der Waals surface area (Å²) in [6.45, 7) is 1.17. The quantitative estimate of drug-likeness (QED) is 0.629. The highest BCUT2D eigenvalue weighted by Crippen LogP contribution is 2.35. The van der Waals surface area contributed by atoms with E-state index in [-0.39, 0.29) is 17.5 Å². The van der Waals surface area contributed by atoms with Crippen molar-refractivity contribution in [1.82, 2.24) is 9.80 Å². The van der Waals surface area contributed by atoms with Crippen molar-refractivity contribution in [3.8, 4) is 0 Å². The van der Waals surface area contributed by atoms with Gasteiger partial charge in [0, 0.05) is 28.4 Å². The zero-order chi connectivity index (χ0) is 16.6. The number of nitroso groups, excluding NO2 is 1. The minimum atomic E-state index is -0.310. The van der Waals surface area contributed by atoms with E-state index >= 15 is 0 Å². The summed E-state index contributed by atoms with van der Waals surface area (Å²) in [5.74, 6) is -0.621. The molecule has 2 amide bonds. The van der Waals surface area contributed by atoms with Crippen molar-refractivity contribution < 1.29 is 9.59 Å². The number of hydrogen-bond acceptors (Lipinski definition) is 5. The van der Waals surface area contributed by atoms with Crippen LogP contribution >= 0.6 is 0 Å². The molecule has 2 aromatic carbocycles. The molecule has 6 nitrogen and oxygen atoms in total. The van der Waals surface area contributed by atoms with Gasteiger partial charge in [0.05, 0.1) is 0 Å². The van der Waals surface area contributed by atoms with E-state index in [9.17, 15) is 14.5 Å². The van der Waals surface area contributed by atoms with Gasteiger partial charge < -0.3 is 4.90 Å². The standard InChI is InChI=1S/C17H17N3O3/c1-19(2)9-4-10-20-16(21)12-6-3-5-11-14(18-23)8-7-13(15(11)12)17(20)22/h3,5-8H,4,9-10H2,1-2H3. The second kappa shape index (κ2) is 5.89. The normalized spacial score (nSPS) is 14.0. The molecule has 1 heterocycles. The van der Waals surface area contributed by atoms with Crippen LogP contribution in [0.25, 0.3) is 10.8 Å². The molecule has 0 N–H and O–H groups in total. The summed E-state index contributed by atoms with van der Waals surface area (Å²) in [6.07, 6.45) is 0.712. The molecule has 1 aliphatic heterocycles. The third kappa shape index (κ3) is 2.51. The van der Waals surface area contributed by atoms with Gasteiger partial charge in [-0.05, 0) is 50.4 Å². The van der Waals surface area contributed by atoms with Gasteiger partial charge in [0.2, 0.25) is 0 Å². The second-order valence-corrected chi connectivity index (χ2v) is 5.87. The lowest BCUT2D eigenvalue weighted by Crippen LogP contribution is -2.41. The van der Waals surface area contributed by atoms with Crippen LogP contribution in [0.4, 0.5) is 5.69 Å². The Morgan fingerprint density at radius 2 is 1.74 bits per heavy atom. The Morgan fingerprint density at radius 3 is 2.39 bits per heavy atom. The molecular formula is C17H17N3O3. The number of imide groups is 1. The van der Waals surface area contributed by atoms with Crippen molar-refractivity contribution in [3.05, 3.63) is 46.4 Å². The molecule has 0 spiro atoms. The van der Waals surface area contributed by atoms with Crippen LogP contribution in [0.3, 0.4) is 0 Å². The average Bonchev–Trinajstić information content (AvgIpc) is 2.54. The molecule has 3 rings (SSSR count). The van der Waals surface area contributed by atoms with Crippen molar-refractivity contribution >= 4 is 28.3 Å². The van der Waals surface area contributed by atoms with Gasteiger partial charge in [-0.2, -0.15) is 0 Å². The monoisotopic (exact) mass is 311 g/mol. The van der Waals surface area contributed by atoms with Crippen molar-refractivity contribution in [2.24, 2.45) is 5.18 Å². The molecule has 118 valence electrons. The SMILES string of the molecule is CN(C)CCCN1C(=O)c2cccc3c(N=O)ccc(c23)C1=O. The van der Waals surface area contributed by atoms with Crippen LogP contribution in [0, 0.1) is 4.91 Å². The van der Waals surface area contributed by atoms with Gasteiger partial charge in [-0.15, -0.1) is 4.91 Å². The average molecular weight is 311 g/mol. The third-order valence-electron chi connectivity index (χ3n) is 4.05. The Bertz CT molecular complexity index is 792. The van der Waals surface area contributed by atoms with Gasteiger partial charge in [0.15, 0.2) is 0 Å². The van der Waals surface area contributed by atoms with E-state index in [0.717, 1.165) is 6.54 Å². The number of nitrogens with zero attached hydrogens (tertiary/aromatic N) is 3.